The first-order valence-corrected chi connectivity index (χ1v) is 13.3. The predicted octanol–water partition coefficient (Wildman–Crippen LogP) is 5.45. The summed E-state index contributed by atoms with van der Waals surface area (Å²) in [5.74, 6) is -0.535. The highest BCUT2D eigenvalue weighted by molar-refractivity contribution is 6.02. The van der Waals surface area contributed by atoms with Crippen LogP contribution in [0.15, 0.2) is 60.9 Å². The van der Waals surface area contributed by atoms with Crippen molar-refractivity contribution >= 4 is 23.3 Å². The molecule has 5 rings (SSSR count). The maximum atomic E-state index is 14.9. The molecule has 0 fully saturated rings. The summed E-state index contributed by atoms with van der Waals surface area (Å²) < 4.78 is 22.4. The molecule has 2 aromatic heterocycles. The van der Waals surface area contributed by atoms with E-state index in [9.17, 15) is 14.0 Å². The summed E-state index contributed by atoms with van der Waals surface area (Å²) in [5.41, 5.74) is 4.79. The molecule has 0 saturated carbocycles. The van der Waals surface area contributed by atoms with E-state index < -0.39 is 11.8 Å². The van der Waals surface area contributed by atoms with E-state index in [1.807, 2.05) is 19.9 Å². The zero-order chi connectivity index (χ0) is 29.1. The molecule has 0 bridgehead atoms. The topological polar surface area (TPSA) is 113 Å². The molecular weight excluding hydrogens is 525 g/mol. The van der Waals surface area contributed by atoms with E-state index in [0.717, 1.165) is 31.1 Å². The highest BCUT2D eigenvalue weighted by atomic mass is 19.1. The van der Waals surface area contributed by atoms with Crippen LogP contribution < -0.4 is 20.7 Å². The lowest BCUT2D eigenvalue weighted by molar-refractivity contribution is 0.0957. The van der Waals surface area contributed by atoms with Crippen molar-refractivity contribution in [3.63, 3.8) is 0 Å². The van der Waals surface area contributed by atoms with Gasteiger partial charge in [-0.15, -0.1) is 0 Å². The second-order valence-corrected chi connectivity index (χ2v) is 10.2. The van der Waals surface area contributed by atoms with Crippen LogP contribution in [0.5, 0.6) is 11.5 Å². The summed E-state index contributed by atoms with van der Waals surface area (Å²) in [6.07, 6.45) is 4.15. The van der Waals surface area contributed by atoms with Gasteiger partial charge in [0.15, 0.2) is 0 Å². The number of rotatable bonds is 7. The van der Waals surface area contributed by atoms with E-state index in [-0.39, 0.29) is 29.1 Å². The predicted molar refractivity (Wildman–Crippen MR) is 155 cm³/mol. The number of anilines is 2. The normalized spacial score (nSPS) is 13.0. The lowest BCUT2D eigenvalue weighted by Crippen LogP contribution is -2.26. The molecule has 2 aromatic carbocycles. The van der Waals surface area contributed by atoms with Gasteiger partial charge in [-0.1, -0.05) is 12.1 Å². The third-order valence-corrected chi connectivity index (χ3v) is 6.81. The van der Waals surface area contributed by atoms with Crippen molar-refractivity contribution in [2.24, 2.45) is 0 Å². The molecule has 0 radical (unpaired) electrons. The van der Waals surface area contributed by atoms with Gasteiger partial charge in [-0.3, -0.25) is 14.5 Å². The van der Waals surface area contributed by atoms with Gasteiger partial charge in [0.1, 0.15) is 28.7 Å². The lowest BCUT2D eigenvalue weighted by atomic mass is 9.96. The number of carbonyl (C=O) groups excluding carboxylic acids is 2. The Morgan fingerprint density at radius 3 is 2.54 bits per heavy atom. The summed E-state index contributed by atoms with van der Waals surface area (Å²) in [6, 6.07) is 12.8. The van der Waals surface area contributed by atoms with Gasteiger partial charge in [0.2, 0.25) is 0 Å². The number of carbonyl (C=O) groups is 2. The maximum Gasteiger partial charge on any atom is 0.323 e. The Morgan fingerprint density at radius 2 is 1.78 bits per heavy atom. The quantitative estimate of drug-likeness (QED) is 0.279. The Balaban J connectivity index is 1.31. The number of nitrogens with one attached hydrogen (secondary N) is 3. The molecule has 11 heteroatoms. The van der Waals surface area contributed by atoms with Crippen molar-refractivity contribution in [1.82, 2.24) is 25.0 Å². The Morgan fingerprint density at radius 1 is 1.00 bits per heavy atom. The fraction of sp³-hybridized carbons (Fsp3) is 0.267. The fourth-order valence-corrected chi connectivity index (χ4v) is 4.60. The molecule has 0 aliphatic carbocycles. The number of pyridine rings is 1. The Bertz CT molecular complexity index is 1600. The minimum atomic E-state index is -0.684. The minimum absolute atomic E-state index is 0.0219. The first-order valence-electron chi connectivity index (χ1n) is 13.3. The Labute approximate surface area is 237 Å². The number of fused-ring (bicyclic) bond motifs is 1. The van der Waals surface area contributed by atoms with Crippen molar-refractivity contribution in [3.8, 4) is 22.8 Å². The van der Waals surface area contributed by atoms with Gasteiger partial charge in [-0.05, 0) is 62.7 Å². The van der Waals surface area contributed by atoms with Crippen molar-refractivity contribution in [1.29, 1.82) is 0 Å². The summed E-state index contributed by atoms with van der Waals surface area (Å²) in [5, 5.41) is 12.6. The first-order chi connectivity index (χ1) is 19.7. The fourth-order valence-electron chi connectivity index (χ4n) is 4.60. The molecule has 212 valence electrons. The highest BCUT2D eigenvalue weighted by Gasteiger charge is 2.19. The third-order valence-electron chi connectivity index (χ3n) is 6.81. The smallest absolute Gasteiger partial charge is 0.323 e. The van der Waals surface area contributed by atoms with Crippen LogP contribution in [-0.4, -0.2) is 52.2 Å². The van der Waals surface area contributed by atoms with Crippen LogP contribution in [-0.2, 0) is 13.0 Å². The molecule has 0 spiro atoms. The number of benzene rings is 2. The number of halogens is 1. The molecule has 10 nitrogen and oxygen atoms in total. The molecule has 3 N–H and O–H groups in total. The van der Waals surface area contributed by atoms with Gasteiger partial charge in [0.05, 0.1) is 11.4 Å². The number of likely N-dealkylation sites (N-methyl/N-ethyl adjacent to an activating group) is 1. The van der Waals surface area contributed by atoms with E-state index >= 15 is 0 Å². The average Bonchev–Trinajstić information content (AvgIpc) is 3.38. The minimum Gasteiger partial charge on any atom is -0.457 e. The van der Waals surface area contributed by atoms with E-state index in [1.165, 1.54) is 42.6 Å². The van der Waals surface area contributed by atoms with Gasteiger partial charge >= 0.3 is 6.03 Å². The number of ether oxygens (including phenoxy) is 1. The molecule has 4 aromatic rings. The highest BCUT2D eigenvalue weighted by Crippen LogP contribution is 2.32. The second-order valence-electron chi connectivity index (χ2n) is 10.2. The van der Waals surface area contributed by atoms with Gasteiger partial charge in [-0.25, -0.2) is 9.18 Å². The second kappa shape index (κ2) is 11.8. The number of nitrogens with zero attached hydrogens (tertiary/aromatic N) is 4. The van der Waals surface area contributed by atoms with Crippen molar-refractivity contribution < 1.29 is 18.7 Å². The molecule has 41 heavy (non-hydrogen) atoms. The first kappa shape index (κ1) is 27.8. The number of urea groups is 1. The average molecular weight is 558 g/mol. The molecule has 0 atom stereocenters. The van der Waals surface area contributed by atoms with E-state index in [1.54, 1.807) is 16.9 Å². The summed E-state index contributed by atoms with van der Waals surface area (Å²) in [6.45, 7) is 5.90. The van der Waals surface area contributed by atoms with Crippen LogP contribution in [0.1, 0.15) is 41.5 Å². The van der Waals surface area contributed by atoms with Crippen LogP contribution >= 0.6 is 0 Å². The van der Waals surface area contributed by atoms with Crippen LogP contribution in [0, 0.1) is 5.82 Å². The summed E-state index contributed by atoms with van der Waals surface area (Å²) >= 11 is 0. The standard InChI is InChI=1S/C30H32FN7O3/c1-18(2)38-17-27(28(36-38)20-5-6-21-16-37(4)12-10-19(21)13-20)35-30(40)34-25-8-7-22(14-24(25)31)41-23-9-11-33-26(15-23)29(39)32-3/h5-9,11,13-15,17-18H,10,12,16H2,1-4H3,(H,32,39)(H2,34,35,40). The van der Waals surface area contributed by atoms with Gasteiger partial charge < -0.3 is 25.6 Å². The number of amides is 3. The van der Waals surface area contributed by atoms with Crippen molar-refractivity contribution in [2.45, 2.75) is 32.9 Å². The zero-order valence-electron chi connectivity index (χ0n) is 23.4. The Kier molecular flexibility index (Phi) is 7.97. The number of hydrogen-bond donors (Lipinski definition) is 3. The molecule has 0 saturated heterocycles. The SMILES string of the molecule is CNC(=O)c1cc(Oc2ccc(NC(=O)Nc3cn(C(C)C)nc3-c3ccc4c(c3)CCN(C)C4)c(F)c2)ccn1. The summed E-state index contributed by atoms with van der Waals surface area (Å²) in [4.78, 5) is 31.0. The van der Waals surface area contributed by atoms with Gasteiger partial charge in [-0.2, -0.15) is 5.10 Å². The van der Waals surface area contributed by atoms with E-state index in [4.69, 9.17) is 9.84 Å². The number of hydrogen-bond acceptors (Lipinski definition) is 6. The van der Waals surface area contributed by atoms with Crippen LogP contribution in [0.25, 0.3) is 11.3 Å². The van der Waals surface area contributed by atoms with Crippen molar-refractivity contribution in [3.05, 3.63) is 83.6 Å². The molecule has 3 amide bonds. The van der Waals surface area contributed by atoms with Crippen LogP contribution in [0.3, 0.4) is 0 Å². The van der Waals surface area contributed by atoms with Crippen LogP contribution in [0.2, 0.25) is 0 Å². The third kappa shape index (κ3) is 6.36. The molecular formula is C30H32FN7O3. The van der Waals surface area contributed by atoms with Gasteiger partial charge in [0, 0.05) is 56.3 Å². The maximum absolute atomic E-state index is 14.9. The number of aromatic nitrogens is 3. The molecule has 0 unspecified atom stereocenters. The molecule has 1 aliphatic rings. The van der Waals surface area contributed by atoms with Crippen molar-refractivity contribution in [2.75, 3.05) is 31.3 Å². The summed E-state index contributed by atoms with van der Waals surface area (Å²) in [7, 11) is 3.61. The van der Waals surface area contributed by atoms with Crippen LogP contribution in [0.4, 0.5) is 20.6 Å². The molecule has 1 aliphatic heterocycles. The largest absolute Gasteiger partial charge is 0.457 e. The Hall–Kier alpha value is -4.77. The van der Waals surface area contributed by atoms with E-state index in [2.05, 4.69) is 45.0 Å². The zero-order valence-corrected chi connectivity index (χ0v) is 23.4. The molecule has 3 heterocycles. The lowest BCUT2D eigenvalue weighted by Gasteiger charge is -2.25. The van der Waals surface area contributed by atoms with Gasteiger partial charge in [0.25, 0.3) is 5.91 Å². The van der Waals surface area contributed by atoms with E-state index in [0.29, 0.717) is 17.1 Å². The monoisotopic (exact) mass is 557 g/mol.